The Morgan fingerprint density at radius 1 is 1.36 bits per heavy atom. The first-order chi connectivity index (χ1) is 4.90. The van der Waals surface area contributed by atoms with Crippen LogP contribution in [0.25, 0.3) is 0 Å². The molecule has 0 fully saturated rings. The van der Waals surface area contributed by atoms with Gasteiger partial charge in [0.25, 0.3) is 10.1 Å². The average Bonchev–Trinajstić information content (AvgIpc) is 1.86. The van der Waals surface area contributed by atoms with Gasteiger partial charge in [-0.25, -0.2) is 0 Å². The summed E-state index contributed by atoms with van der Waals surface area (Å²) >= 11 is 0. The maximum Gasteiger partial charge on any atom is 0.291 e. The molecule has 0 aromatic rings. The van der Waals surface area contributed by atoms with Crippen LogP contribution >= 0.6 is 0 Å². The Kier molecular flexibility index (Phi) is 7.97. The van der Waals surface area contributed by atoms with Crippen molar-refractivity contribution in [1.82, 2.24) is 0 Å². The lowest BCUT2D eigenvalue weighted by atomic mass is 10.5. The van der Waals surface area contributed by atoms with Crippen molar-refractivity contribution >= 4 is 10.1 Å². The van der Waals surface area contributed by atoms with E-state index in [-0.39, 0.29) is 13.0 Å². The van der Waals surface area contributed by atoms with Gasteiger partial charge in [-0.1, -0.05) is 6.92 Å². The summed E-state index contributed by atoms with van der Waals surface area (Å²) in [6.45, 7) is 3.39. The van der Waals surface area contributed by atoms with Crippen LogP contribution < -0.4 is 0 Å². The van der Waals surface area contributed by atoms with E-state index in [4.69, 9.17) is 14.8 Å². The van der Waals surface area contributed by atoms with Crippen LogP contribution in [0.4, 0.5) is 0 Å². The summed E-state index contributed by atoms with van der Waals surface area (Å²) in [5, 5.41) is 15.9. The van der Waals surface area contributed by atoms with Crippen molar-refractivity contribution in [2.75, 3.05) is 6.61 Å². The van der Waals surface area contributed by atoms with Gasteiger partial charge in [-0.15, -0.1) is 0 Å². The van der Waals surface area contributed by atoms with Crippen molar-refractivity contribution in [1.29, 1.82) is 0 Å². The van der Waals surface area contributed by atoms with E-state index < -0.39 is 15.6 Å². The van der Waals surface area contributed by atoms with E-state index >= 15 is 0 Å². The molecule has 0 saturated carbocycles. The van der Waals surface area contributed by atoms with Gasteiger partial charge in [0.05, 0.1) is 0 Å². The Morgan fingerprint density at radius 2 is 1.64 bits per heavy atom. The van der Waals surface area contributed by atoms with E-state index in [0.717, 1.165) is 0 Å². The summed E-state index contributed by atoms with van der Waals surface area (Å²) in [4.78, 5) is 0. The molecule has 0 aliphatic rings. The number of hydrogen-bond acceptors (Lipinski definition) is 4. The zero-order valence-corrected chi connectivity index (χ0v) is 7.37. The second kappa shape index (κ2) is 6.53. The summed E-state index contributed by atoms with van der Waals surface area (Å²) in [5.74, 6) is 0. The van der Waals surface area contributed by atoms with Gasteiger partial charge < -0.3 is 10.2 Å². The van der Waals surface area contributed by atoms with Crippen LogP contribution in [-0.2, 0) is 10.1 Å². The van der Waals surface area contributed by atoms with Crippen LogP contribution in [0, 0.1) is 0 Å². The fraction of sp³-hybridized carbons (Fsp3) is 1.00. The molecule has 11 heavy (non-hydrogen) atoms. The van der Waals surface area contributed by atoms with Gasteiger partial charge in [0, 0.05) is 6.61 Å². The number of hydrogen-bond donors (Lipinski definition) is 3. The van der Waals surface area contributed by atoms with Crippen LogP contribution in [0.15, 0.2) is 0 Å². The largest absolute Gasteiger partial charge is 0.397 e. The SMILES string of the molecule is CCC(O)S(=O)(=O)O.CCO. The standard InChI is InChI=1S/C3H8O4S.C2H6O/c1-2-3(4)8(5,6)7;1-2-3/h3-4H,2H2,1H3,(H,5,6,7);3H,2H2,1H3. The quantitative estimate of drug-likeness (QED) is 0.510. The van der Waals surface area contributed by atoms with Crippen molar-refractivity contribution < 1.29 is 23.2 Å². The second-order valence-corrected chi connectivity index (χ2v) is 3.27. The molecule has 0 heterocycles. The van der Waals surface area contributed by atoms with Gasteiger partial charge in [0.1, 0.15) is 0 Å². The number of rotatable bonds is 2. The molecule has 5 nitrogen and oxygen atoms in total. The first-order valence-corrected chi connectivity index (χ1v) is 4.65. The van der Waals surface area contributed by atoms with Gasteiger partial charge in [0.2, 0.25) is 0 Å². The van der Waals surface area contributed by atoms with Crippen molar-refractivity contribution in [2.45, 2.75) is 25.7 Å². The van der Waals surface area contributed by atoms with Crippen LogP contribution in [0.1, 0.15) is 20.3 Å². The zero-order chi connectivity index (χ0) is 9.49. The smallest absolute Gasteiger partial charge is 0.291 e. The molecule has 6 heteroatoms. The van der Waals surface area contributed by atoms with E-state index in [1.807, 2.05) is 0 Å². The first-order valence-electron chi connectivity index (χ1n) is 3.15. The third-order valence-electron chi connectivity index (χ3n) is 0.693. The van der Waals surface area contributed by atoms with Crippen LogP contribution in [0.5, 0.6) is 0 Å². The van der Waals surface area contributed by atoms with Crippen LogP contribution in [-0.4, -0.2) is 35.2 Å². The van der Waals surface area contributed by atoms with E-state index in [0.29, 0.717) is 0 Å². The predicted molar refractivity (Wildman–Crippen MR) is 40.6 cm³/mol. The highest BCUT2D eigenvalue weighted by Gasteiger charge is 2.15. The maximum absolute atomic E-state index is 9.87. The maximum atomic E-state index is 9.87. The predicted octanol–water partition coefficient (Wildman–Crippen LogP) is -0.399. The van der Waals surface area contributed by atoms with Gasteiger partial charge in [0.15, 0.2) is 5.44 Å². The van der Waals surface area contributed by atoms with Crippen LogP contribution in [0.2, 0.25) is 0 Å². The first kappa shape index (κ1) is 13.4. The molecule has 0 aromatic heterocycles. The summed E-state index contributed by atoms with van der Waals surface area (Å²) < 4.78 is 27.7. The summed E-state index contributed by atoms with van der Waals surface area (Å²) in [6.07, 6.45) is 0.0127. The van der Waals surface area contributed by atoms with E-state index in [2.05, 4.69) is 0 Å². The van der Waals surface area contributed by atoms with Crippen molar-refractivity contribution in [3.63, 3.8) is 0 Å². The monoisotopic (exact) mass is 186 g/mol. The molecule has 0 spiro atoms. The Morgan fingerprint density at radius 3 is 1.64 bits per heavy atom. The number of aliphatic hydroxyl groups is 2. The fourth-order valence-electron chi connectivity index (χ4n) is 0.211. The van der Waals surface area contributed by atoms with E-state index in [1.54, 1.807) is 6.92 Å². The minimum atomic E-state index is -4.20. The van der Waals surface area contributed by atoms with Crippen molar-refractivity contribution in [3.8, 4) is 0 Å². The van der Waals surface area contributed by atoms with Crippen molar-refractivity contribution in [2.24, 2.45) is 0 Å². The highest BCUT2D eigenvalue weighted by Crippen LogP contribution is 1.96. The highest BCUT2D eigenvalue weighted by molar-refractivity contribution is 7.86. The Balaban J connectivity index is 0. The minimum absolute atomic E-state index is 0.0127. The van der Waals surface area contributed by atoms with E-state index in [9.17, 15) is 8.42 Å². The summed E-state index contributed by atoms with van der Waals surface area (Å²) in [6, 6.07) is 0. The Labute approximate surface area is 66.4 Å². The normalized spacial score (nSPS) is 13.2. The molecular formula is C5H14O5S. The summed E-state index contributed by atoms with van der Waals surface area (Å²) in [5.41, 5.74) is -1.62. The third-order valence-corrected chi connectivity index (χ3v) is 1.71. The molecule has 70 valence electrons. The van der Waals surface area contributed by atoms with Crippen LogP contribution in [0.3, 0.4) is 0 Å². The van der Waals surface area contributed by atoms with Gasteiger partial charge in [-0.3, -0.25) is 4.55 Å². The van der Waals surface area contributed by atoms with Gasteiger partial charge in [-0.05, 0) is 13.3 Å². The molecule has 0 aromatic carbocycles. The van der Waals surface area contributed by atoms with Gasteiger partial charge >= 0.3 is 0 Å². The molecule has 0 saturated heterocycles. The minimum Gasteiger partial charge on any atom is -0.397 e. The molecule has 0 rings (SSSR count). The molecule has 0 aliphatic heterocycles. The lowest BCUT2D eigenvalue weighted by Crippen LogP contribution is -2.17. The molecule has 0 amide bonds. The fourth-order valence-corrected chi connectivity index (χ4v) is 0.632. The highest BCUT2D eigenvalue weighted by atomic mass is 32.2. The second-order valence-electron chi connectivity index (χ2n) is 1.69. The lowest BCUT2D eigenvalue weighted by Gasteiger charge is -1.99. The molecule has 0 aliphatic carbocycles. The molecular weight excluding hydrogens is 172 g/mol. The molecule has 1 atom stereocenters. The third kappa shape index (κ3) is 9.83. The van der Waals surface area contributed by atoms with E-state index in [1.165, 1.54) is 6.92 Å². The molecule has 0 bridgehead atoms. The zero-order valence-electron chi connectivity index (χ0n) is 6.56. The molecule has 0 radical (unpaired) electrons. The molecule has 1 unspecified atom stereocenters. The Bertz CT molecular complexity index is 162. The number of aliphatic hydroxyl groups excluding tert-OH is 2. The van der Waals surface area contributed by atoms with Crippen molar-refractivity contribution in [3.05, 3.63) is 0 Å². The Hall–Kier alpha value is -0.170. The van der Waals surface area contributed by atoms with Gasteiger partial charge in [-0.2, -0.15) is 8.42 Å². The average molecular weight is 186 g/mol. The topological polar surface area (TPSA) is 94.8 Å². The molecule has 3 N–H and O–H groups in total. The summed E-state index contributed by atoms with van der Waals surface area (Å²) in [7, 11) is -4.20. The lowest BCUT2D eigenvalue weighted by molar-refractivity contribution is 0.229.